The fourth-order valence-corrected chi connectivity index (χ4v) is 1.84. The first-order valence-electron chi connectivity index (χ1n) is 5.37. The summed E-state index contributed by atoms with van der Waals surface area (Å²) in [6, 6.07) is 6.80. The maximum atomic E-state index is 12.1. The Balaban J connectivity index is 2.76. The molecule has 0 bridgehead atoms. The number of hydrogen-bond donors (Lipinski definition) is 0. The number of carboxylic acids is 1. The van der Waals surface area contributed by atoms with Gasteiger partial charge < -0.3 is 14.3 Å². The first kappa shape index (κ1) is 11.4. The van der Waals surface area contributed by atoms with Gasteiger partial charge in [0.15, 0.2) is 5.43 Å². The van der Waals surface area contributed by atoms with E-state index in [1.165, 1.54) is 0 Å². The van der Waals surface area contributed by atoms with E-state index >= 15 is 0 Å². The summed E-state index contributed by atoms with van der Waals surface area (Å²) in [7, 11) is 0. The van der Waals surface area contributed by atoms with Crippen LogP contribution in [0.1, 0.15) is 18.2 Å². The first-order valence-corrected chi connectivity index (χ1v) is 5.37. The largest absolute Gasteiger partial charge is 0.550 e. The van der Waals surface area contributed by atoms with Crippen molar-refractivity contribution in [2.75, 3.05) is 0 Å². The van der Waals surface area contributed by atoms with Crippen LogP contribution in [0.3, 0.4) is 0 Å². The molecule has 17 heavy (non-hydrogen) atoms. The molecule has 0 spiro atoms. The summed E-state index contributed by atoms with van der Waals surface area (Å²) in [6.07, 6.45) is 0.0685. The van der Waals surface area contributed by atoms with Crippen LogP contribution >= 0.6 is 0 Å². The maximum absolute atomic E-state index is 12.1. The molecule has 1 aromatic carbocycles. The minimum Gasteiger partial charge on any atom is -0.550 e. The molecule has 0 radical (unpaired) electrons. The maximum Gasteiger partial charge on any atom is 0.196 e. The molecule has 4 heteroatoms. The van der Waals surface area contributed by atoms with E-state index in [9.17, 15) is 14.7 Å². The number of carbonyl (C=O) groups excluding carboxylic acids is 1. The van der Waals surface area contributed by atoms with E-state index < -0.39 is 12.4 Å². The molecule has 2 aromatic rings. The van der Waals surface area contributed by atoms with Crippen LogP contribution in [0, 0.1) is 0 Å². The van der Waals surface area contributed by atoms with Gasteiger partial charge in [0.1, 0.15) is 11.3 Å². The average Bonchev–Trinajstić information content (AvgIpc) is 2.32. The Labute approximate surface area is 97.5 Å². The Hall–Kier alpha value is -2.10. The molecule has 0 unspecified atom stereocenters. The average molecular weight is 231 g/mol. The molecule has 0 aliphatic heterocycles. The normalized spacial score (nSPS) is 10.6. The molecular weight excluding hydrogens is 220 g/mol. The van der Waals surface area contributed by atoms with Crippen LogP contribution < -0.4 is 10.5 Å². The summed E-state index contributed by atoms with van der Waals surface area (Å²) in [5.41, 5.74) is 0.385. The lowest BCUT2D eigenvalue weighted by Gasteiger charge is -2.08. The Bertz CT molecular complexity index is 625. The summed E-state index contributed by atoms with van der Waals surface area (Å²) in [4.78, 5) is 22.7. The van der Waals surface area contributed by atoms with Crippen LogP contribution in [0.25, 0.3) is 11.0 Å². The third-order valence-electron chi connectivity index (χ3n) is 2.62. The minimum atomic E-state index is -1.28. The number of rotatable bonds is 3. The van der Waals surface area contributed by atoms with E-state index in [4.69, 9.17) is 4.42 Å². The van der Waals surface area contributed by atoms with Crippen LogP contribution in [0.15, 0.2) is 33.5 Å². The van der Waals surface area contributed by atoms with Crippen molar-refractivity contribution in [1.82, 2.24) is 0 Å². The van der Waals surface area contributed by atoms with Crippen molar-refractivity contribution in [3.8, 4) is 0 Å². The molecule has 1 aromatic heterocycles. The molecule has 1 heterocycles. The highest BCUT2D eigenvalue weighted by Crippen LogP contribution is 2.16. The molecular formula is C13H11O4-. The summed E-state index contributed by atoms with van der Waals surface area (Å²) >= 11 is 0. The van der Waals surface area contributed by atoms with Crippen molar-refractivity contribution in [3.63, 3.8) is 0 Å². The zero-order chi connectivity index (χ0) is 12.4. The number of aryl methyl sites for hydroxylation is 1. The van der Waals surface area contributed by atoms with Crippen molar-refractivity contribution in [2.24, 2.45) is 0 Å². The van der Waals surface area contributed by atoms with Gasteiger partial charge in [0, 0.05) is 24.4 Å². The van der Waals surface area contributed by atoms with Crippen LogP contribution in [-0.4, -0.2) is 5.97 Å². The predicted octanol–water partition coefficient (Wildman–Crippen LogP) is 0.648. The zero-order valence-electron chi connectivity index (χ0n) is 9.36. The fourth-order valence-electron chi connectivity index (χ4n) is 1.84. The topological polar surface area (TPSA) is 70.3 Å². The van der Waals surface area contributed by atoms with Crippen LogP contribution in [-0.2, 0) is 17.6 Å². The second-order valence-corrected chi connectivity index (χ2v) is 3.73. The van der Waals surface area contributed by atoms with Gasteiger partial charge in [-0.2, -0.15) is 0 Å². The van der Waals surface area contributed by atoms with Crippen LogP contribution in [0.5, 0.6) is 0 Å². The smallest absolute Gasteiger partial charge is 0.196 e. The number of carboxylic acid groups (broad SMARTS) is 1. The second-order valence-electron chi connectivity index (χ2n) is 3.73. The van der Waals surface area contributed by atoms with E-state index in [1.54, 1.807) is 24.3 Å². The second kappa shape index (κ2) is 4.41. The number of fused-ring (bicyclic) bond motifs is 1. The first-order chi connectivity index (χ1) is 8.13. The summed E-state index contributed by atoms with van der Waals surface area (Å²) in [6.45, 7) is 1.81. The molecule has 0 atom stereocenters. The third kappa shape index (κ3) is 2.06. The highest BCUT2D eigenvalue weighted by molar-refractivity contribution is 5.78. The number of benzene rings is 1. The molecule has 0 aliphatic carbocycles. The molecule has 0 saturated carbocycles. The van der Waals surface area contributed by atoms with Crippen LogP contribution in [0.2, 0.25) is 0 Å². The minimum absolute atomic E-state index is 0.186. The lowest BCUT2D eigenvalue weighted by Crippen LogP contribution is -2.28. The van der Waals surface area contributed by atoms with E-state index in [2.05, 4.69) is 0 Å². The van der Waals surface area contributed by atoms with Gasteiger partial charge in [-0.25, -0.2) is 0 Å². The van der Waals surface area contributed by atoms with Gasteiger partial charge in [0.2, 0.25) is 0 Å². The Morgan fingerprint density at radius 2 is 2.06 bits per heavy atom. The SMILES string of the molecule is CCc1oc2ccccc2c(=O)c1CC(=O)[O-]. The van der Waals surface area contributed by atoms with Gasteiger partial charge in [-0.15, -0.1) is 0 Å². The van der Waals surface area contributed by atoms with E-state index in [1.807, 2.05) is 6.92 Å². The van der Waals surface area contributed by atoms with Gasteiger partial charge in [-0.3, -0.25) is 4.79 Å². The van der Waals surface area contributed by atoms with Gasteiger partial charge in [-0.1, -0.05) is 19.1 Å². The molecule has 0 saturated heterocycles. The molecule has 0 N–H and O–H groups in total. The van der Waals surface area contributed by atoms with Gasteiger partial charge in [0.25, 0.3) is 0 Å². The lowest BCUT2D eigenvalue weighted by molar-refractivity contribution is -0.304. The van der Waals surface area contributed by atoms with Crippen molar-refractivity contribution in [2.45, 2.75) is 19.8 Å². The summed E-state index contributed by atoms with van der Waals surface area (Å²) in [5.74, 6) is -0.861. The number of aliphatic carboxylic acids is 1. The van der Waals surface area contributed by atoms with E-state index in [0.717, 1.165) is 0 Å². The number of hydrogen-bond acceptors (Lipinski definition) is 4. The number of carbonyl (C=O) groups is 1. The van der Waals surface area contributed by atoms with Crippen molar-refractivity contribution >= 4 is 16.9 Å². The molecule has 2 rings (SSSR count). The van der Waals surface area contributed by atoms with Gasteiger partial charge in [-0.05, 0) is 12.1 Å². The Morgan fingerprint density at radius 1 is 1.35 bits per heavy atom. The van der Waals surface area contributed by atoms with E-state index in [-0.39, 0.29) is 11.0 Å². The molecule has 0 aliphatic rings. The Kier molecular flexibility index (Phi) is 2.95. The third-order valence-corrected chi connectivity index (χ3v) is 2.62. The van der Waals surface area contributed by atoms with Gasteiger partial charge in [0.05, 0.1) is 5.39 Å². The predicted molar refractivity (Wildman–Crippen MR) is 60.6 cm³/mol. The zero-order valence-corrected chi connectivity index (χ0v) is 9.36. The fraction of sp³-hybridized carbons (Fsp3) is 0.231. The summed E-state index contributed by atoms with van der Waals surface area (Å²) in [5, 5.41) is 11.0. The monoisotopic (exact) mass is 231 g/mol. The standard InChI is InChI=1S/C13H12O4/c1-2-10-9(7-12(14)15)13(16)8-5-3-4-6-11(8)17-10/h3-6H,2,7H2,1H3,(H,14,15)/p-1. The highest BCUT2D eigenvalue weighted by Gasteiger charge is 2.12. The van der Waals surface area contributed by atoms with Crippen molar-refractivity contribution < 1.29 is 14.3 Å². The molecule has 0 amide bonds. The molecule has 0 fully saturated rings. The van der Waals surface area contributed by atoms with Crippen molar-refractivity contribution in [1.29, 1.82) is 0 Å². The van der Waals surface area contributed by atoms with E-state index in [0.29, 0.717) is 23.2 Å². The lowest BCUT2D eigenvalue weighted by atomic mass is 10.1. The van der Waals surface area contributed by atoms with Crippen molar-refractivity contribution in [3.05, 3.63) is 45.8 Å². The summed E-state index contributed by atoms with van der Waals surface area (Å²) < 4.78 is 5.53. The quantitative estimate of drug-likeness (QED) is 0.777. The molecule has 88 valence electrons. The molecule has 4 nitrogen and oxygen atoms in total. The Morgan fingerprint density at radius 3 is 2.71 bits per heavy atom. The van der Waals surface area contributed by atoms with Gasteiger partial charge >= 0.3 is 0 Å². The van der Waals surface area contributed by atoms with Crippen LogP contribution in [0.4, 0.5) is 0 Å². The number of para-hydroxylation sites is 1. The highest BCUT2D eigenvalue weighted by atomic mass is 16.4.